The van der Waals surface area contributed by atoms with Crippen LogP contribution in [0.3, 0.4) is 0 Å². The third kappa shape index (κ3) is 3.25. The van der Waals surface area contributed by atoms with Gasteiger partial charge >= 0.3 is 5.97 Å². The number of hydrogen-bond donors (Lipinski definition) is 0. The minimum Gasteiger partial charge on any atom is -0.425 e. The molecular weight excluding hydrogens is 211 g/mol. The highest BCUT2D eigenvalue weighted by Crippen LogP contribution is 2.17. The van der Waals surface area contributed by atoms with E-state index in [1.807, 2.05) is 0 Å². The molecule has 0 aliphatic heterocycles. The first-order chi connectivity index (χ1) is 6.09. The van der Waals surface area contributed by atoms with Gasteiger partial charge in [0, 0.05) is 5.02 Å². The Kier molecular flexibility index (Phi) is 3.58. The second-order valence-corrected chi connectivity index (χ2v) is 3.59. The zero-order valence-corrected chi connectivity index (χ0v) is 8.47. The van der Waals surface area contributed by atoms with E-state index in [4.69, 9.17) is 27.9 Å². The first-order valence-electron chi connectivity index (χ1n) is 3.71. The van der Waals surface area contributed by atoms with E-state index in [1.54, 1.807) is 31.2 Å². The molecule has 0 bridgehead atoms. The molecule has 0 N–H and O–H groups in total. The van der Waals surface area contributed by atoms with E-state index in [-0.39, 0.29) is 0 Å². The fourth-order valence-electron chi connectivity index (χ4n) is 0.728. The molecule has 0 radical (unpaired) electrons. The molecule has 70 valence electrons. The van der Waals surface area contributed by atoms with Crippen molar-refractivity contribution in [1.82, 2.24) is 0 Å². The van der Waals surface area contributed by atoms with Gasteiger partial charge < -0.3 is 4.74 Å². The molecule has 1 unspecified atom stereocenters. The molecule has 0 aromatic heterocycles. The monoisotopic (exact) mass is 218 g/mol. The van der Waals surface area contributed by atoms with Crippen molar-refractivity contribution >= 4 is 29.2 Å². The van der Waals surface area contributed by atoms with Crippen LogP contribution in [0.25, 0.3) is 0 Å². The summed E-state index contributed by atoms with van der Waals surface area (Å²) >= 11 is 11.2. The molecule has 1 atom stereocenters. The van der Waals surface area contributed by atoms with Crippen LogP contribution < -0.4 is 4.74 Å². The Bertz CT molecular complexity index is 310. The number of ether oxygens (including phenoxy) is 1. The highest BCUT2D eigenvalue weighted by Gasteiger charge is 2.11. The summed E-state index contributed by atoms with van der Waals surface area (Å²) in [5.41, 5.74) is 0. The Morgan fingerprint density at radius 1 is 1.54 bits per heavy atom. The van der Waals surface area contributed by atoms with Crippen molar-refractivity contribution in [2.24, 2.45) is 0 Å². The fourth-order valence-corrected chi connectivity index (χ4v) is 0.953. The van der Waals surface area contributed by atoms with Gasteiger partial charge in [0.15, 0.2) is 0 Å². The molecule has 0 aliphatic rings. The van der Waals surface area contributed by atoms with Gasteiger partial charge in [0.1, 0.15) is 11.1 Å². The number of carbonyl (C=O) groups excluding carboxylic acids is 1. The molecular formula is C9H8Cl2O2. The summed E-state index contributed by atoms with van der Waals surface area (Å²) in [7, 11) is 0. The van der Waals surface area contributed by atoms with E-state index < -0.39 is 11.3 Å². The Balaban J connectivity index is 2.69. The second kappa shape index (κ2) is 4.49. The average molecular weight is 219 g/mol. The summed E-state index contributed by atoms with van der Waals surface area (Å²) in [5, 5.41) is -0.133. The summed E-state index contributed by atoms with van der Waals surface area (Å²) in [5.74, 6) is -0.0751. The third-order valence-electron chi connectivity index (χ3n) is 1.34. The van der Waals surface area contributed by atoms with Crippen LogP contribution in [0.2, 0.25) is 5.02 Å². The summed E-state index contributed by atoms with van der Waals surface area (Å²) in [6.45, 7) is 1.55. The quantitative estimate of drug-likeness (QED) is 0.434. The Labute approximate surface area is 86.4 Å². The summed E-state index contributed by atoms with van der Waals surface area (Å²) in [4.78, 5) is 11.0. The second-order valence-electron chi connectivity index (χ2n) is 2.49. The largest absolute Gasteiger partial charge is 0.425 e. The molecule has 1 rings (SSSR count). The van der Waals surface area contributed by atoms with Gasteiger partial charge in [-0.05, 0) is 25.1 Å². The van der Waals surface area contributed by atoms with Crippen LogP contribution in [0.5, 0.6) is 5.75 Å². The van der Waals surface area contributed by atoms with E-state index in [1.165, 1.54) is 0 Å². The SMILES string of the molecule is CC(Cl)C(=O)Oc1cccc(Cl)c1. The third-order valence-corrected chi connectivity index (χ3v) is 1.75. The molecule has 0 amide bonds. The number of carbonyl (C=O) groups is 1. The smallest absolute Gasteiger partial charge is 0.329 e. The predicted molar refractivity (Wildman–Crippen MR) is 52.4 cm³/mol. The minimum absolute atomic E-state index is 0.407. The number of hydrogen-bond acceptors (Lipinski definition) is 2. The van der Waals surface area contributed by atoms with Crippen molar-refractivity contribution < 1.29 is 9.53 Å². The van der Waals surface area contributed by atoms with E-state index in [0.29, 0.717) is 10.8 Å². The zero-order chi connectivity index (χ0) is 9.84. The van der Waals surface area contributed by atoms with Gasteiger partial charge in [0.2, 0.25) is 0 Å². The van der Waals surface area contributed by atoms with Crippen LogP contribution in [0.15, 0.2) is 24.3 Å². The molecule has 1 aromatic carbocycles. The number of halogens is 2. The molecule has 0 saturated heterocycles. The molecule has 4 heteroatoms. The van der Waals surface area contributed by atoms with E-state index >= 15 is 0 Å². The van der Waals surface area contributed by atoms with Gasteiger partial charge in [-0.2, -0.15) is 0 Å². The van der Waals surface area contributed by atoms with Crippen molar-refractivity contribution in [3.63, 3.8) is 0 Å². The normalized spacial score (nSPS) is 12.2. The first-order valence-corrected chi connectivity index (χ1v) is 4.52. The highest BCUT2D eigenvalue weighted by molar-refractivity contribution is 6.31. The van der Waals surface area contributed by atoms with Gasteiger partial charge in [0.05, 0.1) is 0 Å². The summed E-state index contributed by atoms with van der Waals surface area (Å²) < 4.78 is 4.90. The van der Waals surface area contributed by atoms with Gasteiger partial charge in [0.25, 0.3) is 0 Å². The number of alkyl halides is 1. The highest BCUT2D eigenvalue weighted by atomic mass is 35.5. The fraction of sp³-hybridized carbons (Fsp3) is 0.222. The summed E-state index contributed by atoms with van der Waals surface area (Å²) in [6.07, 6.45) is 0. The molecule has 1 aromatic rings. The van der Waals surface area contributed by atoms with E-state index in [9.17, 15) is 4.79 Å². The molecule has 0 fully saturated rings. The van der Waals surface area contributed by atoms with Gasteiger partial charge in [-0.1, -0.05) is 17.7 Å². The van der Waals surface area contributed by atoms with Crippen LogP contribution in [-0.4, -0.2) is 11.3 Å². The van der Waals surface area contributed by atoms with Crippen LogP contribution in [0, 0.1) is 0 Å². The first kappa shape index (κ1) is 10.4. The lowest BCUT2D eigenvalue weighted by atomic mass is 10.3. The number of rotatable bonds is 2. The van der Waals surface area contributed by atoms with Gasteiger partial charge in [-0.3, -0.25) is 4.79 Å². The van der Waals surface area contributed by atoms with Crippen molar-refractivity contribution in [2.45, 2.75) is 12.3 Å². The lowest BCUT2D eigenvalue weighted by molar-refractivity contribution is -0.133. The minimum atomic E-state index is -0.654. The van der Waals surface area contributed by atoms with Crippen molar-refractivity contribution in [2.75, 3.05) is 0 Å². The maximum atomic E-state index is 11.0. The van der Waals surface area contributed by atoms with E-state index in [2.05, 4.69) is 0 Å². The number of benzene rings is 1. The van der Waals surface area contributed by atoms with E-state index in [0.717, 1.165) is 0 Å². The maximum absolute atomic E-state index is 11.0. The van der Waals surface area contributed by atoms with Crippen LogP contribution in [-0.2, 0) is 4.79 Å². The Hall–Kier alpha value is -0.730. The Morgan fingerprint density at radius 3 is 2.77 bits per heavy atom. The van der Waals surface area contributed by atoms with Crippen molar-refractivity contribution in [3.05, 3.63) is 29.3 Å². The molecule has 0 heterocycles. The standard InChI is InChI=1S/C9H8Cl2O2/c1-6(10)9(12)13-8-4-2-3-7(11)5-8/h2-6H,1H3. The van der Waals surface area contributed by atoms with Gasteiger partial charge in [-0.25, -0.2) is 0 Å². The molecule has 13 heavy (non-hydrogen) atoms. The average Bonchev–Trinajstić information content (AvgIpc) is 2.04. The zero-order valence-electron chi connectivity index (χ0n) is 6.96. The molecule has 0 spiro atoms. The Morgan fingerprint density at radius 2 is 2.23 bits per heavy atom. The molecule has 2 nitrogen and oxygen atoms in total. The lowest BCUT2D eigenvalue weighted by Crippen LogP contribution is -2.17. The predicted octanol–water partition coefficient (Wildman–Crippen LogP) is 2.87. The van der Waals surface area contributed by atoms with Crippen LogP contribution >= 0.6 is 23.2 Å². The lowest BCUT2D eigenvalue weighted by Gasteiger charge is -2.04. The van der Waals surface area contributed by atoms with Gasteiger partial charge in [-0.15, -0.1) is 11.6 Å². The number of esters is 1. The molecule has 0 aliphatic carbocycles. The maximum Gasteiger partial charge on any atom is 0.329 e. The topological polar surface area (TPSA) is 26.3 Å². The van der Waals surface area contributed by atoms with Crippen LogP contribution in [0.1, 0.15) is 6.92 Å². The van der Waals surface area contributed by atoms with Crippen LogP contribution in [0.4, 0.5) is 0 Å². The van der Waals surface area contributed by atoms with Crippen molar-refractivity contribution in [3.8, 4) is 5.75 Å². The molecule has 0 saturated carbocycles. The summed E-state index contributed by atoms with van der Waals surface area (Å²) in [6, 6.07) is 6.59. The van der Waals surface area contributed by atoms with Crippen molar-refractivity contribution in [1.29, 1.82) is 0 Å².